The van der Waals surface area contributed by atoms with E-state index in [1.807, 2.05) is 234 Å². The number of carbonyl (C=O) groups excluding carboxylic acids is 4. The summed E-state index contributed by atoms with van der Waals surface area (Å²) in [5.41, 5.74) is 23.5. The van der Waals surface area contributed by atoms with E-state index in [0.29, 0.717) is 78.3 Å². The lowest BCUT2D eigenvalue weighted by atomic mass is 10.1. The van der Waals surface area contributed by atoms with Crippen molar-refractivity contribution in [1.82, 2.24) is 148 Å². The van der Waals surface area contributed by atoms with Crippen LogP contribution in [0.3, 0.4) is 0 Å². The molecule has 1 aliphatic heterocycles. The molecule has 0 bridgehead atoms. The molecular weight excluding hydrogens is 1710 g/mol. The Morgan fingerprint density at radius 3 is 1.26 bits per heavy atom. The maximum absolute atomic E-state index is 13.4. The number of halogens is 1. The molecule has 0 saturated heterocycles. The zero-order chi connectivity index (χ0) is 93.7. The summed E-state index contributed by atoms with van der Waals surface area (Å²) < 4.78 is 24.7. The van der Waals surface area contributed by atoms with E-state index in [4.69, 9.17) is 0 Å². The van der Waals surface area contributed by atoms with E-state index in [1.54, 1.807) is 91.1 Å². The average molecular weight is 1810 g/mol. The molecule has 20 aromatic rings. The molecule has 0 radical (unpaired) electrons. The molecule has 38 nitrogen and oxygen atoms in total. The summed E-state index contributed by atoms with van der Waals surface area (Å²) in [5.74, 6) is 1.01. The topological polar surface area (TPSA) is 449 Å². The third-order valence-corrected chi connectivity index (χ3v) is 22.4. The van der Waals surface area contributed by atoms with Crippen molar-refractivity contribution in [3.8, 4) is 45.6 Å². The maximum Gasteiger partial charge on any atom is 0.270 e. The Balaban J connectivity index is 0.000000120. The highest BCUT2D eigenvalue weighted by Crippen LogP contribution is 2.33. The van der Waals surface area contributed by atoms with E-state index in [1.165, 1.54) is 12.1 Å². The van der Waals surface area contributed by atoms with E-state index in [-0.39, 0.29) is 36.0 Å². The lowest BCUT2D eigenvalue weighted by Crippen LogP contribution is -2.38. The van der Waals surface area contributed by atoms with Crippen LogP contribution >= 0.6 is 0 Å². The number of imidazole rings is 5. The van der Waals surface area contributed by atoms with E-state index >= 15 is 0 Å². The number of nitrogens with zero attached hydrogens (tertiary/aromatic N) is 23. The Hall–Kier alpha value is -17.9. The number of benzene rings is 5. The lowest BCUT2D eigenvalue weighted by molar-refractivity contribution is 0.0705. The number of H-pyrrole nitrogens is 5. The number of aromatic amines is 5. The predicted molar refractivity (Wildman–Crippen MR) is 510 cm³/mol. The van der Waals surface area contributed by atoms with Gasteiger partial charge in [-0.2, -0.15) is 10.2 Å². The molecule has 0 atom stereocenters. The number of hydrogen-bond acceptors (Lipinski definition) is 23. The first-order valence-corrected chi connectivity index (χ1v) is 43.0. The van der Waals surface area contributed by atoms with Crippen molar-refractivity contribution in [2.45, 2.75) is 67.3 Å². The molecule has 0 fully saturated rings. The average Bonchev–Trinajstić information content (AvgIpc) is 1.62. The summed E-state index contributed by atoms with van der Waals surface area (Å²) in [7, 11) is 11.3. The Morgan fingerprint density at radius 2 is 0.859 bits per heavy atom. The van der Waals surface area contributed by atoms with Crippen molar-refractivity contribution in [3.63, 3.8) is 0 Å². The van der Waals surface area contributed by atoms with Gasteiger partial charge in [-0.25, -0.2) is 69.2 Å². The summed E-state index contributed by atoms with van der Waals surface area (Å²) in [4.78, 5) is 125. The lowest BCUT2D eigenvalue weighted by Gasteiger charge is -2.27. The van der Waals surface area contributed by atoms with Gasteiger partial charge in [0.1, 0.15) is 51.4 Å². The van der Waals surface area contributed by atoms with Crippen LogP contribution < -0.4 is 31.9 Å². The molecule has 1 aliphatic rings. The van der Waals surface area contributed by atoms with E-state index in [0.717, 1.165) is 163 Å². The summed E-state index contributed by atoms with van der Waals surface area (Å²) in [6, 6.07) is 38.6. The van der Waals surface area contributed by atoms with Gasteiger partial charge in [-0.1, -0.05) is 12.1 Å². The quantitative estimate of drug-likeness (QED) is 0.0300. The molecular formula is C96H93FN34O4. The van der Waals surface area contributed by atoms with Gasteiger partial charge >= 0.3 is 0 Å². The van der Waals surface area contributed by atoms with Gasteiger partial charge in [0.15, 0.2) is 0 Å². The molecule has 11 N–H and O–H groups in total. The van der Waals surface area contributed by atoms with Crippen LogP contribution in [0.4, 0.5) is 50.9 Å². The van der Waals surface area contributed by atoms with Crippen molar-refractivity contribution in [2.75, 3.05) is 34.9 Å². The molecule has 39 heteroatoms. The van der Waals surface area contributed by atoms with E-state index in [9.17, 15) is 23.6 Å². The smallest absolute Gasteiger partial charge is 0.270 e. The van der Waals surface area contributed by atoms with Gasteiger partial charge in [0, 0.05) is 208 Å². The second kappa shape index (κ2) is 38.0. The second-order valence-corrected chi connectivity index (χ2v) is 33.0. The molecule has 0 aliphatic carbocycles. The zero-order valence-electron chi connectivity index (χ0n) is 75.4. The molecule has 135 heavy (non-hydrogen) atoms. The molecule has 15 aromatic heterocycles. The third kappa shape index (κ3) is 20.4. The Labute approximate surface area is 770 Å². The zero-order valence-corrected chi connectivity index (χ0v) is 75.4. The largest absolute Gasteiger partial charge is 0.350 e. The van der Waals surface area contributed by atoms with Crippen LogP contribution in [-0.4, -0.2) is 175 Å². The van der Waals surface area contributed by atoms with Gasteiger partial charge < -0.3 is 84.5 Å². The summed E-state index contributed by atoms with van der Waals surface area (Å²) in [6.45, 7) is 13.0. The van der Waals surface area contributed by atoms with Crippen LogP contribution in [0.5, 0.6) is 0 Å². The van der Waals surface area contributed by atoms with Gasteiger partial charge in [0.2, 0.25) is 23.8 Å². The molecule has 16 heterocycles. The van der Waals surface area contributed by atoms with Gasteiger partial charge in [-0.3, -0.25) is 29.0 Å². The predicted octanol–water partition coefficient (Wildman–Crippen LogP) is 14.5. The molecule has 21 rings (SSSR count). The Kier molecular flexibility index (Phi) is 24.7. The highest BCUT2D eigenvalue weighted by Gasteiger charge is 2.26. The number of anilines is 8. The van der Waals surface area contributed by atoms with Crippen LogP contribution in [0.1, 0.15) is 92.4 Å². The summed E-state index contributed by atoms with van der Waals surface area (Å²) >= 11 is 0. The van der Waals surface area contributed by atoms with Crippen LogP contribution in [0, 0.1) is 40.4 Å². The highest BCUT2D eigenvalue weighted by atomic mass is 19.1. The van der Waals surface area contributed by atoms with Crippen molar-refractivity contribution in [3.05, 3.63) is 306 Å². The van der Waals surface area contributed by atoms with Crippen molar-refractivity contribution < 1.29 is 23.6 Å². The number of carbonyl (C=O) groups is 4. The van der Waals surface area contributed by atoms with Crippen LogP contribution in [0.15, 0.2) is 227 Å². The number of aromatic nitrogens is 26. The van der Waals surface area contributed by atoms with Crippen molar-refractivity contribution in [2.24, 2.45) is 35.2 Å². The molecule has 0 unspecified atom stereocenters. The SMILES string of the molecule is Cc1[nH]ncc1CNC(=O)c1cc2cc(Nc3nccc(-c4cn(C)cn4)n3)cc(C)c2[nH]1.Cc1cc(Nc2nccc(-c3cn(C)cn3)n2)cc2cc(C(=O)N(C)Cc3ccn(C)n3)[nH]c12.Cc1cc(Nc2nccc(-c3cn(C)cn3)n2)cc2cc(C(=O)N3CCn4cncc4C3)[nH]c12.Cc1cc(Nc2nccc(-c3cn(C)cn3)n2)cc2cc(C(=O)NCc3cccc(F)c3)[nH]c12. The Morgan fingerprint density at radius 1 is 0.444 bits per heavy atom. The molecule has 4 amide bonds. The van der Waals surface area contributed by atoms with E-state index < -0.39 is 0 Å². The van der Waals surface area contributed by atoms with Gasteiger partial charge in [-0.05, 0) is 178 Å². The monoisotopic (exact) mass is 1800 g/mol. The minimum atomic E-state index is -0.331. The first-order chi connectivity index (χ1) is 65.3. The van der Waals surface area contributed by atoms with Crippen LogP contribution in [0.25, 0.3) is 89.2 Å². The van der Waals surface area contributed by atoms with Crippen molar-refractivity contribution in [1.29, 1.82) is 0 Å². The number of rotatable bonds is 22. The second-order valence-electron chi connectivity index (χ2n) is 33.0. The molecule has 0 saturated carbocycles. The minimum Gasteiger partial charge on any atom is -0.350 e. The fourth-order valence-corrected chi connectivity index (χ4v) is 15.8. The Bertz CT molecular complexity index is 7800. The number of hydrogen-bond donors (Lipinski definition) is 11. The van der Waals surface area contributed by atoms with Crippen LogP contribution in [-0.2, 0) is 68.0 Å². The summed E-state index contributed by atoms with van der Waals surface area (Å²) in [6.07, 6.45) is 28.6. The standard InChI is InChI=1S/C25H22FN7O.C24H23N9O.C24H25N9O.C23H23N9O/c1-15-8-19(30-25-27-7-6-20(32-25)22-13-33(2)14-29-22)10-17-11-21(31-23(15)17)24(34)28-12-16-4-3-5-18(26)9-16;1-15-7-17(28-24-26-4-3-19(30-24)21-12-31(2)14-27-21)8-16-9-20(29-22(15)16)23(34)32-5-6-33-13-25-10-18(33)11-32;1-15-9-18(27-24-25-7-5-19(29-24)21-13-31(2)14-26-21)10-16-11-20(28-22(15)16)23(34)32(3)12-17-6-8-33(4)30-17;1-13-6-17(28-23-24-5-4-18(30-23)20-11-32(3)12-26-20)7-15-8-19(29-21(13)15)22(33)25-9-16-10-27-31-14(16)2/h3-11,13-14,31H,12H2,1-2H3,(H,28,34)(H,27,30,32);3-4,7-10,12-14,29H,5-6,11H2,1-2H3,(H,26,28,30);5-11,13-14,28H,12H2,1-4H3,(H,25,27,29);4-8,10-12,29H,9H2,1-3H3,(H,25,33)(H,27,31)(H,24,28,30). The number of fused-ring (bicyclic) bond motifs is 5. The van der Waals surface area contributed by atoms with Crippen LogP contribution in [0.2, 0.25) is 0 Å². The van der Waals surface area contributed by atoms with Crippen molar-refractivity contribution >= 4 is 114 Å². The molecule has 678 valence electrons. The number of aryl methyl sites for hydroxylation is 10. The van der Waals surface area contributed by atoms with E-state index in [2.05, 4.69) is 136 Å². The molecule has 0 spiro atoms. The third-order valence-electron chi connectivity index (χ3n) is 22.4. The number of amides is 4. The van der Waals surface area contributed by atoms with Gasteiger partial charge in [0.05, 0.1) is 85.1 Å². The molecule has 5 aromatic carbocycles. The van der Waals surface area contributed by atoms with Gasteiger partial charge in [-0.15, -0.1) is 0 Å². The van der Waals surface area contributed by atoms with Gasteiger partial charge in [0.25, 0.3) is 23.6 Å². The fraction of sp³-hybridized carbons (Fsp3) is 0.177. The minimum absolute atomic E-state index is 0.0102. The first kappa shape index (κ1) is 87.7. The highest BCUT2D eigenvalue weighted by molar-refractivity contribution is 6.03. The normalized spacial score (nSPS) is 11.7. The maximum atomic E-state index is 13.4. The first-order valence-electron chi connectivity index (χ1n) is 43.0. The number of nitrogens with one attached hydrogen (secondary N) is 11. The summed E-state index contributed by atoms with van der Waals surface area (Å²) in [5, 5.41) is 33.7. The fourth-order valence-electron chi connectivity index (χ4n) is 15.8.